The zero-order valence-electron chi connectivity index (χ0n) is 9.93. The smallest absolute Gasteiger partial charge is 0.264 e. The molecule has 1 aliphatic heterocycles. The lowest BCUT2D eigenvalue weighted by atomic mass is 9.97. The Hall–Kier alpha value is -1.69. The van der Waals surface area contributed by atoms with Gasteiger partial charge in [0.1, 0.15) is 0 Å². The minimum Gasteiger partial charge on any atom is -0.394 e. The van der Waals surface area contributed by atoms with Gasteiger partial charge in [0.15, 0.2) is 0 Å². The third-order valence-electron chi connectivity index (χ3n) is 3.03. The number of carbonyl (C=O) groups excluding carboxylic acids is 1. The molecule has 6 nitrogen and oxygen atoms in total. The molecule has 0 spiro atoms. The van der Waals surface area contributed by atoms with Gasteiger partial charge in [0.2, 0.25) is 0 Å². The fourth-order valence-electron chi connectivity index (χ4n) is 1.79. The second-order valence-corrected chi connectivity index (χ2v) is 4.24. The summed E-state index contributed by atoms with van der Waals surface area (Å²) in [5.41, 5.74) is 21.9. The quantitative estimate of drug-likeness (QED) is 0.362. The van der Waals surface area contributed by atoms with Gasteiger partial charge in [0.25, 0.3) is 5.91 Å². The van der Waals surface area contributed by atoms with Crippen LogP contribution in [0.1, 0.15) is 12.8 Å². The molecule has 0 aromatic carbocycles. The first kappa shape index (κ1) is 13.4. The molecule has 0 bridgehead atoms. The molecule has 0 aliphatic carbocycles. The maximum atomic E-state index is 10.7. The van der Waals surface area contributed by atoms with Crippen LogP contribution in [0, 0.1) is 5.92 Å². The topological polar surface area (TPSA) is 124 Å². The number of rotatable bonds is 4. The zero-order valence-corrected chi connectivity index (χ0v) is 9.93. The van der Waals surface area contributed by atoms with Gasteiger partial charge in [-0.05, 0) is 37.5 Å². The maximum Gasteiger partial charge on any atom is 0.264 e. The number of nitrogens with two attached hydrogens (primary N) is 4. The molecule has 6 heteroatoms. The molecule has 0 atom stereocenters. The minimum atomic E-state index is -0.643. The molecule has 0 radical (unpaired) electrons. The van der Waals surface area contributed by atoms with Crippen molar-refractivity contribution in [1.82, 2.24) is 4.90 Å². The third kappa shape index (κ3) is 3.99. The number of piperidine rings is 1. The summed E-state index contributed by atoms with van der Waals surface area (Å²) >= 11 is 0. The Balaban J connectivity index is 2.54. The van der Waals surface area contributed by atoms with Crippen LogP contribution in [0.3, 0.4) is 0 Å². The summed E-state index contributed by atoms with van der Waals surface area (Å²) in [7, 11) is 0. The third-order valence-corrected chi connectivity index (χ3v) is 3.03. The second kappa shape index (κ2) is 6.15. The van der Waals surface area contributed by atoms with Gasteiger partial charge in [-0.3, -0.25) is 4.79 Å². The van der Waals surface area contributed by atoms with Crippen molar-refractivity contribution in [3.8, 4) is 0 Å². The Labute approximate surface area is 101 Å². The molecule has 1 amide bonds. The van der Waals surface area contributed by atoms with E-state index in [0.29, 0.717) is 11.7 Å². The van der Waals surface area contributed by atoms with Crippen LogP contribution in [-0.2, 0) is 4.79 Å². The molecule has 0 unspecified atom stereocenters. The average molecular weight is 239 g/mol. The first-order valence-electron chi connectivity index (χ1n) is 5.72. The highest BCUT2D eigenvalue weighted by Crippen LogP contribution is 2.17. The molecule has 1 heterocycles. The van der Waals surface area contributed by atoms with E-state index in [-0.39, 0.29) is 5.70 Å². The van der Waals surface area contributed by atoms with Crippen LogP contribution in [0.4, 0.5) is 0 Å². The lowest BCUT2D eigenvalue weighted by molar-refractivity contribution is -0.114. The second-order valence-electron chi connectivity index (χ2n) is 4.24. The molecular weight excluding hydrogens is 218 g/mol. The van der Waals surface area contributed by atoms with Crippen molar-refractivity contribution in [3.63, 3.8) is 0 Å². The minimum absolute atomic E-state index is 0.00444. The van der Waals surface area contributed by atoms with Gasteiger partial charge in [-0.15, -0.1) is 0 Å². The van der Waals surface area contributed by atoms with E-state index in [1.54, 1.807) is 6.08 Å². The van der Waals surface area contributed by atoms with Gasteiger partial charge in [0.05, 0.1) is 11.5 Å². The summed E-state index contributed by atoms with van der Waals surface area (Å²) in [5.74, 6) is 0.547. The van der Waals surface area contributed by atoms with E-state index in [9.17, 15) is 4.79 Å². The van der Waals surface area contributed by atoms with Crippen LogP contribution in [0.2, 0.25) is 0 Å². The van der Waals surface area contributed by atoms with E-state index in [1.807, 2.05) is 0 Å². The van der Waals surface area contributed by atoms with E-state index in [0.717, 1.165) is 32.5 Å². The van der Waals surface area contributed by atoms with Gasteiger partial charge in [-0.1, -0.05) is 0 Å². The van der Waals surface area contributed by atoms with Crippen LogP contribution < -0.4 is 22.9 Å². The number of hydrogen-bond donors (Lipinski definition) is 4. The van der Waals surface area contributed by atoms with Crippen molar-refractivity contribution < 1.29 is 4.79 Å². The van der Waals surface area contributed by atoms with Crippen LogP contribution in [0.15, 0.2) is 23.7 Å². The number of allylic oxidation sites excluding steroid dienone is 2. The number of hydrogen-bond acceptors (Lipinski definition) is 5. The lowest BCUT2D eigenvalue weighted by Gasteiger charge is -2.32. The molecule has 96 valence electrons. The first-order chi connectivity index (χ1) is 8.04. The van der Waals surface area contributed by atoms with Crippen molar-refractivity contribution in [2.45, 2.75) is 12.8 Å². The number of likely N-dealkylation sites (tertiary alicyclic amines) is 1. The van der Waals surface area contributed by atoms with Gasteiger partial charge in [-0.2, -0.15) is 0 Å². The van der Waals surface area contributed by atoms with Crippen LogP contribution >= 0.6 is 0 Å². The average Bonchev–Trinajstić information content (AvgIpc) is 2.35. The van der Waals surface area contributed by atoms with Crippen LogP contribution in [-0.4, -0.2) is 30.4 Å². The molecule has 1 rings (SSSR count). The molecule has 1 fully saturated rings. The Morgan fingerprint density at radius 2 is 1.76 bits per heavy atom. The fourth-order valence-corrected chi connectivity index (χ4v) is 1.79. The lowest BCUT2D eigenvalue weighted by Crippen LogP contribution is -2.37. The number of nitrogens with zero attached hydrogens (tertiary/aromatic N) is 1. The predicted molar refractivity (Wildman–Crippen MR) is 67.1 cm³/mol. The summed E-state index contributed by atoms with van der Waals surface area (Å²) in [6, 6.07) is 0. The Kier molecular flexibility index (Phi) is 4.84. The first-order valence-corrected chi connectivity index (χ1v) is 5.72. The molecule has 17 heavy (non-hydrogen) atoms. The van der Waals surface area contributed by atoms with E-state index < -0.39 is 5.91 Å². The highest BCUT2D eigenvalue weighted by molar-refractivity contribution is 5.91. The normalized spacial score (nSPS) is 19.5. The molecule has 8 N–H and O–H groups in total. The Morgan fingerprint density at radius 1 is 1.18 bits per heavy atom. The highest BCUT2D eigenvalue weighted by atomic mass is 16.1. The summed E-state index contributed by atoms with van der Waals surface area (Å²) in [5, 5.41) is 0. The number of primary amides is 1. The van der Waals surface area contributed by atoms with E-state index in [2.05, 4.69) is 4.90 Å². The van der Waals surface area contributed by atoms with Crippen LogP contribution in [0.5, 0.6) is 0 Å². The monoisotopic (exact) mass is 239 g/mol. The van der Waals surface area contributed by atoms with Crippen molar-refractivity contribution in [2.24, 2.45) is 28.9 Å². The Morgan fingerprint density at radius 3 is 2.24 bits per heavy atom. The van der Waals surface area contributed by atoms with Gasteiger partial charge >= 0.3 is 0 Å². The molecule has 0 aromatic heterocycles. The molecule has 0 aromatic rings. The van der Waals surface area contributed by atoms with Gasteiger partial charge in [-0.25, -0.2) is 0 Å². The number of carbonyl (C=O) groups is 1. The van der Waals surface area contributed by atoms with Crippen molar-refractivity contribution in [3.05, 3.63) is 23.7 Å². The van der Waals surface area contributed by atoms with Crippen molar-refractivity contribution in [2.75, 3.05) is 19.6 Å². The highest BCUT2D eigenvalue weighted by Gasteiger charge is 2.17. The number of amides is 1. The van der Waals surface area contributed by atoms with E-state index >= 15 is 0 Å². The van der Waals surface area contributed by atoms with Gasteiger partial charge in [0, 0.05) is 13.1 Å². The van der Waals surface area contributed by atoms with Crippen molar-refractivity contribution in [1.29, 1.82) is 0 Å². The van der Waals surface area contributed by atoms with Crippen molar-refractivity contribution >= 4 is 5.91 Å². The molecular formula is C11H21N5O. The summed E-state index contributed by atoms with van der Waals surface area (Å²) in [6.45, 7) is 2.50. The maximum absolute atomic E-state index is 10.7. The Bertz CT molecular complexity index is 329. The van der Waals surface area contributed by atoms with E-state index in [4.69, 9.17) is 22.9 Å². The van der Waals surface area contributed by atoms with Crippen LogP contribution in [0.25, 0.3) is 0 Å². The summed E-state index contributed by atoms with van der Waals surface area (Å²) in [6.07, 6.45) is 5.13. The summed E-state index contributed by atoms with van der Waals surface area (Å²) < 4.78 is 0. The summed E-state index contributed by atoms with van der Waals surface area (Å²) in [4.78, 5) is 12.8. The zero-order chi connectivity index (χ0) is 12.8. The molecule has 0 saturated carbocycles. The standard InChI is InChI=1S/C11H21N5O/c12-7-8-3-5-16(6-4-8)10(14)2-1-9(13)11(15)17/h1-2,8H,3-7,12-14H2,(H2,15,17)/b9-1-,10-2+. The SMILES string of the molecule is NCC1CCN(/C(N)=C/C=C(\N)C(N)=O)CC1. The van der Waals surface area contributed by atoms with E-state index in [1.165, 1.54) is 6.08 Å². The fraction of sp³-hybridized carbons (Fsp3) is 0.545. The predicted octanol–water partition coefficient (Wildman–Crippen LogP) is -1.21. The molecule has 1 saturated heterocycles. The van der Waals surface area contributed by atoms with Gasteiger partial charge < -0.3 is 27.8 Å². The molecule has 1 aliphatic rings. The largest absolute Gasteiger partial charge is 0.394 e.